The maximum atomic E-state index is 13.4. The number of carbonyl (C=O) groups is 2. The number of nitro groups is 2. The van der Waals surface area contributed by atoms with Crippen molar-refractivity contribution in [3.05, 3.63) is 196 Å². The molecule has 2 heterocycles. The van der Waals surface area contributed by atoms with Gasteiger partial charge >= 0.3 is 0 Å². The Hall–Kier alpha value is -8.62. The Balaban J connectivity index is 1.23. The van der Waals surface area contributed by atoms with Crippen molar-refractivity contribution in [2.24, 2.45) is 10.2 Å². The van der Waals surface area contributed by atoms with Crippen LogP contribution in [0.4, 0.5) is 11.4 Å². The number of benzene rings is 5. The average molecular weight is 837 g/mol. The molecule has 0 aliphatic carbocycles. The summed E-state index contributed by atoms with van der Waals surface area (Å²) in [4.78, 5) is 87.8. The summed E-state index contributed by atoms with van der Waals surface area (Å²) in [6.07, 6.45) is -3.70. The van der Waals surface area contributed by atoms with Crippen LogP contribution in [-0.4, -0.2) is 63.2 Å². The fourth-order valence-corrected chi connectivity index (χ4v) is 6.27. The van der Waals surface area contributed by atoms with E-state index in [1.54, 1.807) is 60.7 Å². The second-order valence-corrected chi connectivity index (χ2v) is 13.6. The molecule has 20 heteroatoms. The molecule has 0 aliphatic rings. The minimum absolute atomic E-state index is 0.0306. The van der Waals surface area contributed by atoms with Crippen LogP contribution in [0.3, 0.4) is 0 Å². The first kappa shape index (κ1) is 41.5. The minimum atomic E-state index is -1.75. The maximum absolute atomic E-state index is 13.4. The van der Waals surface area contributed by atoms with E-state index < -0.39 is 67.8 Å². The molecule has 0 radical (unpaired) electrons. The van der Waals surface area contributed by atoms with Gasteiger partial charge in [-0.05, 0) is 34.4 Å². The molecular weight excluding hydrogens is 805 g/mol. The third kappa shape index (κ3) is 9.47. The van der Waals surface area contributed by atoms with E-state index in [4.69, 9.17) is 0 Å². The highest BCUT2D eigenvalue weighted by Gasteiger charge is 2.27. The molecule has 0 fully saturated rings. The highest BCUT2D eigenvalue weighted by Crippen LogP contribution is 2.25. The van der Waals surface area contributed by atoms with Gasteiger partial charge in [0.15, 0.2) is 11.4 Å². The zero-order valence-electron chi connectivity index (χ0n) is 32.0. The number of hydrogen-bond acceptors (Lipinski definition) is 14. The van der Waals surface area contributed by atoms with Gasteiger partial charge in [0.1, 0.15) is 23.6 Å². The van der Waals surface area contributed by atoms with Crippen LogP contribution in [0.25, 0.3) is 22.1 Å². The average Bonchev–Trinajstić information content (AvgIpc) is 3.26. The van der Waals surface area contributed by atoms with E-state index in [9.17, 15) is 49.6 Å². The van der Waals surface area contributed by atoms with Crippen molar-refractivity contribution in [3.63, 3.8) is 0 Å². The number of nitrogens with zero attached hydrogens (tertiary/aromatic N) is 6. The standard InChI is InChI=1S/C42H32N10O10/c53-33(19-23-7-3-1-4-8-23)47-49-35(37-41(57)45-31-21-27(51(59)60)15-17-29(31)43-37)39(55)25-11-13-26(14-12-25)40(56)36(50-48-34(54)20-24-9-5-2-6-10-24)38-42(58)46-32-22-28(52(61)62)16-18-30(32)44-38/h1-18,21-22,39-40,55-56H,19-20H2,(H,45,57)(H,46,58)(H,47,53)(H,48,54)/b49-35-,50-36-/t39-,40+. The zero-order valence-corrected chi connectivity index (χ0v) is 32.0. The molecule has 2 aromatic heterocycles. The molecule has 20 nitrogen and oxygen atoms in total. The molecule has 5 aromatic carbocycles. The Morgan fingerprint density at radius 3 is 1.32 bits per heavy atom. The van der Waals surface area contributed by atoms with Gasteiger partial charge in [-0.1, -0.05) is 84.9 Å². The van der Waals surface area contributed by atoms with Crippen LogP contribution in [0, 0.1) is 20.2 Å². The molecule has 0 spiro atoms. The van der Waals surface area contributed by atoms with Gasteiger partial charge in [-0.15, -0.1) is 0 Å². The normalized spacial score (nSPS) is 12.7. The number of aromatic amines is 2. The van der Waals surface area contributed by atoms with E-state index in [0.717, 1.165) is 12.1 Å². The smallest absolute Gasteiger partial charge is 0.276 e. The Morgan fingerprint density at radius 2 is 0.968 bits per heavy atom. The number of aliphatic hydroxyl groups excluding tert-OH is 2. The van der Waals surface area contributed by atoms with Crippen molar-refractivity contribution < 1.29 is 29.6 Å². The minimum Gasteiger partial charge on any atom is -0.382 e. The number of rotatable bonds is 14. The quantitative estimate of drug-likeness (QED) is 0.0521. The third-order valence-corrected chi connectivity index (χ3v) is 9.36. The first-order valence-electron chi connectivity index (χ1n) is 18.5. The van der Waals surface area contributed by atoms with Gasteiger partial charge in [-0.25, -0.2) is 20.8 Å². The first-order chi connectivity index (χ1) is 29.8. The number of aromatic nitrogens is 4. The van der Waals surface area contributed by atoms with Gasteiger partial charge < -0.3 is 20.2 Å². The Kier molecular flexibility index (Phi) is 12.1. The molecule has 310 valence electrons. The number of hydrazone groups is 2. The molecule has 7 rings (SSSR count). The summed E-state index contributed by atoms with van der Waals surface area (Å²) in [5.41, 5.74) is 2.42. The summed E-state index contributed by atoms with van der Waals surface area (Å²) < 4.78 is 0. The van der Waals surface area contributed by atoms with E-state index in [-0.39, 0.29) is 57.4 Å². The summed E-state index contributed by atoms with van der Waals surface area (Å²) in [6, 6.07) is 30.0. The van der Waals surface area contributed by atoms with Crippen LogP contribution >= 0.6 is 0 Å². The van der Waals surface area contributed by atoms with E-state index in [2.05, 4.69) is 41.0 Å². The predicted molar refractivity (Wildman–Crippen MR) is 224 cm³/mol. The Bertz CT molecular complexity index is 2840. The largest absolute Gasteiger partial charge is 0.382 e. The topological polar surface area (TPSA) is 301 Å². The van der Waals surface area contributed by atoms with Gasteiger partial charge in [0, 0.05) is 24.3 Å². The number of aliphatic hydroxyl groups is 2. The summed E-state index contributed by atoms with van der Waals surface area (Å²) in [7, 11) is 0. The monoisotopic (exact) mass is 836 g/mol. The lowest BCUT2D eigenvalue weighted by Gasteiger charge is -2.17. The number of fused-ring (bicyclic) bond motifs is 2. The lowest BCUT2D eigenvalue weighted by atomic mass is 9.97. The predicted octanol–water partition coefficient (Wildman–Crippen LogP) is 3.57. The van der Waals surface area contributed by atoms with Crippen molar-refractivity contribution in [3.8, 4) is 0 Å². The number of non-ortho nitro benzene ring substituents is 2. The van der Waals surface area contributed by atoms with Gasteiger partial charge in [-0.3, -0.25) is 39.4 Å². The SMILES string of the molecule is O=C(Cc1ccccc1)N/N=C(/c1nc2ccc([N+](=O)[O-])cc2[nH]c1=O)[C@@H](O)c1ccc([C@@H](O)/C(=N\NC(=O)Cc2ccccc2)c2nc3ccc([N+](=O)[O-])cc3[nH]c2=O)cc1. The summed E-state index contributed by atoms with van der Waals surface area (Å²) in [5.74, 6) is -1.18. The number of hydrogen-bond donors (Lipinski definition) is 6. The lowest BCUT2D eigenvalue weighted by molar-refractivity contribution is -0.384. The summed E-state index contributed by atoms with van der Waals surface area (Å²) in [5, 5.41) is 54.4. The molecule has 0 aliphatic heterocycles. The van der Waals surface area contributed by atoms with Crippen LogP contribution in [0.1, 0.15) is 45.8 Å². The second-order valence-electron chi connectivity index (χ2n) is 13.6. The fraction of sp³-hybridized carbons (Fsp3) is 0.0952. The lowest BCUT2D eigenvalue weighted by Crippen LogP contribution is -2.30. The van der Waals surface area contributed by atoms with Crippen LogP contribution in [0.5, 0.6) is 0 Å². The van der Waals surface area contributed by atoms with Crippen LogP contribution in [0.2, 0.25) is 0 Å². The molecule has 6 N–H and O–H groups in total. The van der Waals surface area contributed by atoms with Gasteiger partial charge in [0.25, 0.3) is 22.5 Å². The molecule has 2 amide bonds. The number of amides is 2. The van der Waals surface area contributed by atoms with Gasteiger partial charge in [0.05, 0.1) is 44.8 Å². The molecule has 0 saturated heterocycles. The van der Waals surface area contributed by atoms with E-state index in [1.165, 1.54) is 48.5 Å². The summed E-state index contributed by atoms with van der Waals surface area (Å²) in [6.45, 7) is 0. The number of carbonyl (C=O) groups excluding carboxylic acids is 2. The van der Waals surface area contributed by atoms with Crippen LogP contribution < -0.4 is 22.0 Å². The third-order valence-electron chi connectivity index (χ3n) is 9.36. The van der Waals surface area contributed by atoms with E-state index in [1.807, 2.05) is 0 Å². The van der Waals surface area contributed by atoms with Gasteiger partial charge in [0.2, 0.25) is 11.8 Å². The van der Waals surface area contributed by atoms with Crippen molar-refractivity contribution in [2.45, 2.75) is 25.0 Å². The maximum Gasteiger partial charge on any atom is 0.276 e. The summed E-state index contributed by atoms with van der Waals surface area (Å²) >= 11 is 0. The molecular formula is C42H32N10O10. The molecule has 0 bridgehead atoms. The molecule has 2 atom stereocenters. The second kappa shape index (κ2) is 18.1. The highest BCUT2D eigenvalue weighted by atomic mass is 16.6. The van der Waals surface area contributed by atoms with Crippen LogP contribution in [-0.2, 0) is 22.4 Å². The van der Waals surface area contributed by atoms with Crippen LogP contribution in [0.15, 0.2) is 141 Å². The van der Waals surface area contributed by atoms with Crippen molar-refractivity contribution >= 4 is 56.7 Å². The van der Waals surface area contributed by atoms with Crippen molar-refractivity contribution in [1.29, 1.82) is 0 Å². The van der Waals surface area contributed by atoms with E-state index >= 15 is 0 Å². The van der Waals surface area contributed by atoms with E-state index in [0.29, 0.717) is 11.1 Å². The molecule has 0 saturated carbocycles. The molecule has 62 heavy (non-hydrogen) atoms. The Labute approximate surface area is 347 Å². The van der Waals surface area contributed by atoms with Crippen molar-refractivity contribution in [2.75, 3.05) is 0 Å². The number of nitrogens with one attached hydrogen (secondary N) is 4. The highest BCUT2D eigenvalue weighted by molar-refractivity contribution is 6.05. The Morgan fingerprint density at radius 1 is 0.597 bits per heavy atom. The number of nitro benzene ring substituents is 2. The van der Waals surface area contributed by atoms with Gasteiger partial charge in [-0.2, -0.15) is 10.2 Å². The number of H-pyrrole nitrogens is 2. The first-order valence-corrected chi connectivity index (χ1v) is 18.5. The molecule has 0 unspecified atom stereocenters. The van der Waals surface area contributed by atoms with Crippen molar-refractivity contribution in [1.82, 2.24) is 30.8 Å². The molecule has 7 aromatic rings. The zero-order chi connectivity index (χ0) is 43.9. The fourth-order valence-electron chi connectivity index (χ4n) is 6.27.